The van der Waals surface area contributed by atoms with E-state index in [1.807, 2.05) is 0 Å². The average molecular weight is 625 g/mol. The van der Waals surface area contributed by atoms with E-state index in [0.717, 1.165) is 30.3 Å². The molecule has 0 radical (unpaired) electrons. The minimum absolute atomic E-state index is 0.116. The van der Waals surface area contributed by atoms with Crippen LogP contribution in [0.3, 0.4) is 0 Å². The number of ether oxygens (including phenoxy) is 3. The lowest BCUT2D eigenvalue weighted by atomic mass is 9.89. The molecule has 236 valence electrons. The van der Waals surface area contributed by atoms with E-state index in [0.29, 0.717) is 5.56 Å². The summed E-state index contributed by atoms with van der Waals surface area (Å²) in [5.41, 5.74) is -1.09. The van der Waals surface area contributed by atoms with Crippen LogP contribution in [0.25, 0.3) is 28.4 Å². The second-order valence-corrected chi connectivity index (χ2v) is 10.1. The Morgan fingerprint density at radius 3 is 2.31 bits per heavy atom. The molecule has 14 heteroatoms. The van der Waals surface area contributed by atoms with Crippen LogP contribution in [-0.4, -0.2) is 85.0 Å². The Hall–Kier alpha value is -5.28. The van der Waals surface area contributed by atoms with Gasteiger partial charge in [0.05, 0.1) is 19.3 Å². The smallest absolute Gasteiger partial charge is 0.331 e. The van der Waals surface area contributed by atoms with E-state index in [2.05, 4.69) is 0 Å². The number of hydrogen-bond donors (Lipinski definition) is 8. The number of benzene rings is 3. The standard InChI is InChI=1S/C31H28O14/c1-42-22-8-13(2-5-16(22)34)3-7-24(39)45-31-28(41)27(40)23(12-32)44-30(31)26-19(37)10-18(36)25-20(38)11-21(43-29(25)26)14-4-6-15(33)17(35)9-14/h2-11,23,27-28,30-37,40-41H,12H2,1H3. The summed E-state index contributed by atoms with van der Waals surface area (Å²) in [5.74, 6) is -3.59. The van der Waals surface area contributed by atoms with Crippen molar-refractivity contribution >= 4 is 23.0 Å². The highest BCUT2D eigenvalue weighted by Crippen LogP contribution is 2.45. The predicted octanol–water partition coefficient (Wildman–Crippen LogP) is 1.78. The van der Waals surface area contributed by atoms with Crippen LogP contribution in [0.5, 0.6) is 34.5 Å². The number of carbonyl (C=O) groups excluding carboxylic acids is 1. The molecule has 1 fully saturated rings. The van der Waals surface area contributed by atoms with Crippen LogP contribution < -0.4 is 10.2 Å². The highest BCUT2D eigenvalue weighted by Gasteiger charge is 2.49. The second kappa shape index (κ2) is 12.4. The molecule has 1 aromatic heterocycles. The number of phenolic OH excluding ortho intramolecular Hbond substituents is 5. The van der Waals surface area contributed by atoms with E-state index in [9.17, 15) is 50.4 Å². The lowest BCUT2D eigenvalue weighted by Crippen LogP contribution is -2.56. The molecule has 0 bridgehead atoms. The van der Waals surface area contributed by atoms with Gasteiger partial charge in [0.2, 0.25) is 0 Å². The van der Waals surface area contributed by atoms with Crippen LogP contribution in [0.15, 0.2) is 63.8 Å². The van der Waals surface area contributed by atoms with Gasteiger partial charge in [0.1, 0.15) is 47.1 Å². The number of carbonyl (C=O) groups is 1. The fourth-order valence-electron chi connectivity index (χ4n) is 5.01. The van der Waals surface area contributed by atoms with E-state index in [4.69, 9.17) is 18.6 Å². The van der Waals surface area contributed by atoms with Gasteiger partial charge in [0, 0.05) is 23.8 Å². The third-order valence-electron chi connectivity index (χ3n) is 7.28. The van der Waals surface area contributed by atoms with Gasteiger partial charge in [-0.1, -0.05) is 6.07 Å². The van der Waals surface area contributed by atoms with Crippen LogP contribution in [0, 0.1) is 0 Å². The van der Waals surface area contributed by atoms with Crippen molar-refractivity contribution in [3.05, 3.63) is 76.0 Å². The summed E-state index contributed by atoms with van der Waals surface area (Å²) in [7, 11) is 1.34. The molecule has 45 heavy (non-hydrogen) atoms. The van der Waals surface area contributed by atoms with Gasteiger partial charge in [-0.3, -0.25) is 4.79 Å². The molecule has 0 aliphatic carbocycles. The highest BCUT2D eigenvalue weighted by molar-refractivity contribution is 5.90. The minimum atomic E-state index is -1.89. The van der Waals surface area contributed by atoms with E-state index in [1.54, 1.807) is 0 Å². The molecule has 0 saturated carbocycles. The quantitative estimate of drug-likeness (QED) is 0.0831. The summed E-state index contributed by atoms with van der Waals surface area (Å²) in [5, 5.41) is 82.0. The summed E-state index contributed by atoms with van der Waals surface area (Å²) in [4.78, 5) is 26.1. The van der Waals surface area contributed by atoms with Gasteiger partial charge in [-0.25, -0.2) is 4.79 Å². The summed E-state index contributed by atoms with van der Waals surface area (Å²) in [6, 6.07) is 9.61. The third-order valence-corrected chi connectivity index (χ3v) is 7.28. The van der Waals surface area contributed by atoms with Gasteiger partial charge in [0.25, 0.3) is 0 Å². The highest BCUT2D eigenvalue weighted by atomic mass is 16.6. The van der Waals surface area contributed by atoms with Crippen LogP contribution in [-0.2, 0) is 14.3 Å². The molecule has 0 amide bonds. The lowest BCUT2D eigenvalue weighted by Gasteiger charge is -2.41. The number of rotatable bonds is 7. The van der Waals surface area contributed by atoms with Crippen molar-refractivity contribution in [3.8, 4) is 45.8 Å². The van der Waals surface area contributed by atoms with Gasteiger partial charge in [-0.2, -0.15) is 0 Å². The molecule has 2 heterocycles. The maximum atomic E-state index is 13.2. The Balaban J connectivity index is 1.60. The Labute approximate surface area is 253 Å². The summed E-state index contributed by atoms with van der Waals surface area (Å²) in [6.45, 7) is -0.809. The van der Waals surface area contributed by atoms with E-state index < -0.39 is 82.5 Å². The second-order valence-electron chi connectivity index (χ2n) is 10.1. The maximum Gasteiger partial charge on any atom is 0.331 e. The Morgan fingerprint density at radius 2 is 1.62 bits per heavy atom. The van der Waals surface area contributed by atoms with Crippen molar-refractivity contribution in [1.82, 2.24) is 0 Å². The fraction of sp³-hybridized carbons (Fsp3) is 0.226. The normalized spacial score (nSPS) is 21.6. The number of esters is 1. The Morgan fingerprint density at radius 1 is 0.889 bits per heavy atom. The van der Waals surface area contributed by atoms with Gasteiger partial charge in [0.15, 0.2) is 40.1 Å². The Kier molecular flexibility index (Phi) is 8.57. The average Bonchev–Trinajstić information content (AvgIpc) is 3.00. The Bertz CT molecular complexity index is 1840. The predicted molar refractivity (Wildman–Crippen MR) is 155 cm³/mol. The molecule has 14 nitrogen and oxygen atoms in total. The SMILES string of the molecule is COc1cc(C=CC(=O)OC2C(c3c(O)cc(O)c4c(=O)cc(-c5ccc(O)c(O)c5)oc34)OC(CO)C(O)C2O)ccc1O. The first-order valence-corrected chi connectivity index (χ1v) is 13.4. The molecule has 3 aromatic carbocycles. The zero-order valence-electron chi connectivity index (χ0n) is 23.4. The van der Waals surface area contributed by atoms with Crippen LogP contribution in [0.2, 0.25) is 0 Å². The first-order chi connectivity index (χ1) is 21.4. The summed E-state index contributed by atoms with van der Waals surface area (Å²) in [6.07, 6.45) is -6.26. The monoisotopic (exact) mass is 624 g/mol. The molecule has 5 rings (SSSR count). The summed E-state index contributed by atoms with van der Waals surface area (Å²) < 4.78 is 22.2. The van der Waals surface area contributed by atoms with Crippen LogP contribution >= 0.6 is 0 Å². The number of methoxy groups -OCH3 is 1. The number of fused-ring (bicyclic) bond motifs is 1. The number of hydrogen-bond acceptors (Lipinski definition) is 14. The van der Waals surface area contributed by atoms with Gasteiger partial charge in [-0.15, -0.1) is 0 Å². The van der Waals surface area contributed by atoms with E-state index in [1.165, 1.54) is 37.5 Å². The molecule has 1 aliphatic heterocycles. The van der Waals surface area contributed by atoms with Crippen LogP contribution in [0.4, 0.5) is 0 Å². The first-order valence-electron chi connectivity index (χ1n) is 13.4. The van der Waals surface area contributed by atoms with Gasteiger partial charge >= 0.3 is 5.97 Å². The maximum absolute atomic E-state index is 13.2. The van der Waals surface area contributed by atoms with Crippen molar-refractivity contribution in [2.75, 3.05) is 13.7 Å². The molecular weight excluding hydrogens is 596 g/mol. The number of aliphatic hydroxyl groups is 3. The van der Waals surface area contributed by atoms with E-state index in [-0.39, 0.29) is 28.4 Å². The minimum Gasteiger partial charge on any atom is -0.507 e. The molecule has 5 atom stereocenters. The van der Waals surface area contributed by atoms with Crippen molar-refractivity contribution in [1.29, 1.82) is 0 Å². The van der Waals surface area contributed by atoms with Crippen molar-refractivity contribution < 1.29 is 64.3 Å². The third kappa shape index (κ3) is 5.94. The molecule has 0 spiro atoms. The molecule has 4 aromatic rings. The van der Waals surface area contributed by atoms with Crippen molar-refractivity contribution in [2.24, 2.45) is 0 Å². The first kappa shape index (κ1) is 31.2. The topological polar surface area (TPSA) is 237 Å². The van der Waals surface area contributed by atoms with E-state index >= 15 is 0 Å². The van der Waals surface area contributed by atoms with Gasteiger partial charge in [-0.05, 0) is 42.0 Å². The summed E-state index contributed by atoms with van der Waals surface area (Å²) >= 11 is 0. The number of aromatic hydroxyl groups is 5. The molecule has 8 N–H and O–H groups in total. The number of aliphatic hydroxyl groups excluding tert-OH is 3. The molecule has 5 unspecified atom stereocenters. The largest absolute Gasteiger partial charge is 0.507 e. The molecule has 1 saturated heterocycles. The number of phenols is 5. The zero-order chi connectivity index (χ0) is 32.6. The van der Waals surface area contributed by atoms with Crippen molar-refractivity contribution in [3.63, 3.8) is 0 Å². The van der Waals surface area contributed by atoms with Crippen molar-refractivity contribution in [2.45, 2.75) is 30.5 Å². The fourth-order valence-corrected chi connectivity index (χ4v) is 5.01. The molecule has 1 aliphatic rings. The zero-order valence-corrected chi connectivity index (χ0v) is 23.4. The van der Waals surface area contributed by atoms with Gasteiger partial charge < -0.3 is 59.5 Å². The van der Waals surface area contributed by atoms with Crippen LogP contribution in [0.1, 0.15) is 17.2 Å². The lowest BCUT2D eigenvalue weighted by molar-refractivity contribution is -0.239. The molecular formula is C31H28O14.